The van der Waals surface area contributed by atoms with Gasteiger partial charge in [0.25, 0.3) is 5.91 Å². The maximum Gasteiger partial charge on any atom is 0.404 e. The van der Waals surface area contributed by atoms with Crippen LogP contribution in [-0.4, -0.2) is 30.2 Å². The van der Waals surface area contributed by atoms with E-state index in [-0.39, 0.29) is 19.0 Å². The molecule has 2 amide bonds. The molecule has 0 aliphatic heterocycles. The third kappa shape index (κ3) is 6.38. The van der Waals surface area contributed by atoms with E-state index < -0.39 is 6.09 Å². The minimum Gasteiger partial charge on any atom is -0.465 e. The zero-order valence-corrected chi connectivity index (χ0v) is 6.46. The lowest BCUT2D eigenvalue weighted by Crippen LogP contribution is -2.33. The van der Waals surface area contributed by atoms with Gasteiger partial charge in [-0.15, -0.1) is 5.73 Å². The topological polar surface area (TPSA) is 78.4 Å². The van der Waals surface area contributed by atoms with Gasteiger partial charge in [-0.05, 0) is 0 Å². The van der Waals surface area contributed by atoms with Crippen LogP contribution in [0, 0.1) is 0 Å². The third-order valence-electron chi connectivity index (χ3n) is 0.934. The number of carbonyl (C=O) groups is 2. The molecule has 5 nitrogen and oxygen atoms in total. The van der Waals surface area contributed by atoms with Crippen molar-refractivity contribution in [3.8, 4) is 0 Å². The molecular formula is C7H10N2O3. The van der Waals surface area contributed by atoms with Gasteiger partial charge in [-0.1, -0.05) is 6.58 Å². The van der Waals surface area contributed by atoms with Crippen LogP contribution in [0.3, 0.4) is 0 Å². The van der Waals surface area contributed by atoms with Crippen molar-refractivity contribution in [3.63, 3.8) is 0 Å². The first kappa shape index (κ1) is 10.3. The van der Waals surface area contributed by atoms with Crippen molar-refractivity contribution in [2.45, 2.75) is 0 Å². The average molecular weight is 170 g/mol. The monoisotopic (exact) mass is 170 g/mol. The van der Waals surface area contributed by atoms with E-state index >= 15 is 0 Å². The SMILES string of the molecule is C=C=CC(=O)NCCNC(=O)O. The molecular weight excluding hydrogens is 160 g/mol. The predicted molar refractivity (Wildman–Crippen MR) is 42.7 cm³/mol. The van der Waals surface area contributed by atoms with Crippen molar-refractivity contribution in [1.82, 2.24) is 10.6 Å². The Bertz CT molecular complexity index is 219. The highest BCUT2D eigenvalue weighted by molar-refractivity contribution is 5.87. The second kappa shape index (κ2) is 6.00. The molecule has 0 rings (SSSR count). The zero-order valence-electron chi connectivity index (χ0n) is 6.46. The molecule has 0 aromatic carbocycles. The molecule has 5 heteroatoms. The summed E-state index contributed by atoms with van der Waals surface area (Å²) in [6, 6.07) is 0. The first-order chi connectivity index (χ1) is 5.66. The first-order valence-corrected chi connectivity index (χ1v) is 3.27. The van der Waals surface area contributed by atoms with Gasteiger partial charge in [0.05, 0.1) is 0 Å². The number of hydrogen-bond acceptors (Lipinski definition) is 2. The van der Waals surface area contributed by atoms with Gasteiger partial charge >= 0.3 is 6.09 Å². The Morgan fingerprint density at radius 2 is 2.00 bits per heavy atom. The standard InChI is InChI=1S/C7H10N2O3/c1-2-3-6(10)8-4-5-9-7(11)12/h3,9H,1,4-5H2,(H,8,10)(H,11,12). The van der Waals surface area contributed by atoms with Crippen LogP contribution < -0.4 is 10.6 Å². The molecule has 0 spiro atoms. The summed E-state index contributed by atoms with van der Waals surface area (Å²) in [5.41, 5.74) is 2.29. The van der Waals surface area contributed by atoms with Gasteiger partial charge in [0, 0.05) is 19.2 Å². The molecule has 3 N–H and O–H groups in total. The molecule has 0 aliphatic rings. The maximum atomic E-state index is 10.6. The van der Waals surface area contributed by atoms with E-state index in [2.05, 4.69) is 22.9 Å². The summed E-state index contributed by atoms with van der Waals surface area (Å²) < 4.78 is 0. The van der Waals surface area contributed by atoms with Crippen LogP contribution in [0.2, 0.25) is 0 Å². The van der Waals surface area contributed by atoms with Gasteiger partial charge in [-0.2, -0.15) is 0 Å². The fraction of sp³-hybridized carbons (Fsp3) is 0.286. The van der Waals surface area contributed by atoms with Crippen LogP contribution in [0.25, 0.3) is 0 Å². The summed E-state index contributed by atoms with van der Waals surface area (Å²) in [7, 11) is 0. The largest absolute Gasteiger partial charge is 0.465 e. The zero-order chi connectivity index (χ0) is 9.40. The van der Waals surface area contributed by atoms with E-state index in [0.717, 1.165) is 6.08 Å². The Morgan fingerprint density at radius 3 is 2.50 bits per heavy atom. The van der Waals surface area contributed by atoms with Gasteiger partial charge in [0.2, 0.25) is 0 Å². The van der Waals surface area contributed by atoms with E-state index in [1.54, 1.807) is 0 Å². The van der Waals surface area contributed by atoms with Crippen molar-refractivity contribution in [2.75, 3.05) is 13.1 Å². The minimum atomic E-state index is -1.11. The summed E-state index contributed by atoms with van der Waals surface area (Å²) in [5.74, 6) is -0.336. The molecule has 0 heterocycles. The molecule has 0 atom stereocenters. The fourth-order valence-corrected chi connectivity index (χ4v) is 0.499. The Balaban J connectivity index is 3.37. The molecule has 0 fully saturated rings. The van der Waals surface area contributed by atoms with Crippen LogP contribution >= 0.6 is 0 Å². The molecule has 0 saturated carbocycles. The summed E-state index contributed by atoms with van der Waals surface area (Å²) in [5, 5.41) is 12.6. The summed E-state index contributed by atoms with van der Waals surface area (Å²) in [6.07, 6.45) is 0.0318. The van der Waals surface area contributed by atoms with E-state index in [1.807, 2.05) is 0 Å². The number of amides is 2. The van der Waals surface area contributed by atoms with Gasteiger partial charge < -0.3 is 15.7 Å². The van der Waals surface area contributed by atoms with Crippen molar-refractivity contribution in [1.29, 1.82) is 0 Å². The molecule has 0 unspecified atom stereocenters. The second-order valence-electron chi connectivity index (χ2n) is 1.87. The number of carboxylic acid groups (broad SMARTS) is 1. The molecule has 0 bridgehead atoms. The van der Waals surface area contributed by atoms with Crippen LogP contribution in [0.15, 0.2) is 18.4 Å². The van der Waals surface area contributed by atoms with Crippen molar-refractivity contribution < 1.29 is 14.7 Å². The Kier molecular flexibility index (Phi) is 5.13. The van der Waals surface area contributed by atoms with Crippen LogP contribution in [0.4, 0.5) is 4.79 Å². The van der Waals surface area contributed by atoms with Crippen LogP contribution in [-0.2, 0) is 4.79 Å². The number of hydrogen-bond donors (Lipinski definition) is 3. The predicted octanol–water partition coefficient (Wildman–Crippen LogP) is -0.289. The molecule has 66 valence electrons. The third-order valence-corrected chi connectivity index (χ3v) is 0.934. The highest BCUT2D eigenvalue weighted by Crippen LogP contribution is 1.67. The summed E-state index contributed by atoms with van der Waals surface area (Å²) in [6.45, 7) is 3.65. The van der Waals surface area contributed by atoms with E-state index in [9.17, 15) is 9.59 Å². The molecule has 0 radical (unpaired) electrons. The highest BCUT2D eigenvalue weighted by Gasteiger charge is 1.94. The minimum absolute atomic E-state index is 0.187. The quantitative estimate of drug-likeness (QED) is 0.308. The first-order valence-electron chi connectivity index (χ1n) is 3.27. The van der Waals surface area contributed by atoms with Gasteiger partial charge in [-0.25, -0.2) is 4.79 Å². The molecule has 0 aliphatic carbocycles. The van der Waals surface area contributed by atoms with Gasteiger partial charge in [0.15, 0.2) is 0 Å². The lowest BCUT2D eigenvalue weighted by Gasteiger charge is -2.00. The lowest BCUT2D eigenvalue weighted by molar-refractivity contribution is -0.116. The van der Waals surface area contributed by atoms with Crippen LogP contribution in [0.1, 0.15) is 0 Å². The normalized spacial score (nSPS) is 8.00. The van der Waals surface area contributed by atoms with E-state index in [1.165, 1.54) is 0 Å². The average Bonchev–Trinajstić information content (AvgIpc) is 1.98. The molecule has 0 aromatic heterocycles. The molecule has 0 saturated heterocycles. The van der Waals surface area contributed by atoms with Gasteiger partial charge in [0.1, 0.15) is 0 Å². The maximum absolute atomic E-state index is 10.6. The number of carbonyl (C=O) groups excluding carboxylic acids is 1. The lowest BCUT2D eigenvalue weighted by atomic mass is 10.5. The fourth-order valence-electron chi connectivity index (χ4n) is 0.499. The summed E-state index contributed by atoms with van der Waals surface area (Å²) >= 11 is 0. The molecule has 0 aromatic rings. The Hall–Kier alpha value is -1.74. The Morgan fingerprint density at radius 1 is 1.42 bits per heavy atom. The smallest absolute Gasteiger partial charge is 0.404 e. The van der Waals surface area contributed by atoms with Crippen molar-refractivity contribution in [3.05, 3.63) is 18.4 Å². The van der Waals surface area contributed by atoms with Crippen molar-refractivity contribution >= 4 is 12.0 Å². The second-order valence-corrected chi connectivity index (χ2v) is 1.87. The van der Waals surface area contributed by atoms with Crippen molar-refractivity contribution in [2.24, 2.45) is 0 Å². The Labute approximate surface area is 69.8 Å². The van der Waals surface area contributed by atoms with Gasteiger partial charge in [-0.3, -0.25) is 4.79 Å². The number of rotatable bonds is 4. The highest BCUT2D eigenvalue weighted by atomic mass is 16.4. The molecule has 12 heavy (non-hydrogen) atoms. The van der Waals surface area contributed by atoms with Crippen LogP contribution in [0.5, 0.6) is 0 Å². The number of nitrogens with one attached hydrogen (secondary N) is 2. The van der Waals surface area contributed by atoms with E-state index in [4.69, 9.17) is 5.11 Å². The van der Waals surface area contributed by atoms with E-state index in [0.29, 0.717) is 0 Å². The summed E-state index contributed by atoms with van der Waals surface area (Å²) in [4.78, 5) is 20.6.